The number of aryl methyl sites for hydroxylation is 2. The van der Waals surface area contributed by atoms with E-state index in [1.165, 1.54) is 12.1 Å². The normalized spacial score (nSPS) is 10.8. The summed E-state index contributed by atoms with van der Waals surface area (Å²) in [5, 5.41) is 10.7. The first-order valence-corrected chi connectivity index (χ1v) is 7.50. The highest BCUT2D eigenvalue weighted by atomic mass is 19.1. The Morgan fingerprint density at radius 2 is 2.00 bits per heavy atom. The number of nitrogens with one attached hydrogen (secondary N) is 1. The summed E-state index contributed by atoms with van der Waals surface area (Å²) in [4.78, 5) is 11.9. The van der Waals surface area contributed by atoms with Crippen molar-refractivity contribution in [1.29, 1.82) is 0 Å². The van der Waals surface area contributed by atoms with Gasteiger partial charge in [0.2, 0.25) is 11.8 Å². The predicted octanol–water partition coefficient (Wildman–Crippen LogP) is 3.03. The summed E-state index contributed by atoms with van der Waals surface area (Å²) in [6, 6.07) is 7.74. The zero-order valence-electron chi connectivity index (χ0n) is 13.1. The van der Waals surface area contributed by atoms with Crippen LogP contribution in [0.3, 0.4) is 0 Å². The van der Waals surface area contributed by atoms with Gasteiger partial charge in [-0.05, 0) is 30.7 Å². The predicted molar refractivity (Wildman–Crippen MR) is 83.3 cm³/mol. The van der Waals surface area contributed by atoms with Crippen LogP contribution in [0.5, 0.6) is 0 Å². The first-order valence-electron chi connectivity index (χ1n) is 7.50. The fourth-order valence-corrected chi connectivity index (χ4v) is 2.18. The number of benzene rings is 1. The molecule has 1 amide bonds. The molecule has 0 fully saturated rings. The minimum absolute atomic E-state index is 0.140. The van der Waals surface area contributed by atoms with Crippen molar-refractivity contribution < 1.29 is 18.0 Å². The van der Waals surface area contributed by atoms with Gasteiger partial charge in [-0.3, -0.25) is 4.79 Å². The van der Waals surface area contributed by atoms with E-state index in [9.17, 15) is 9.18 Å². The molecule has 0 saturated carbocycles. The Labute approximate surface area is 137 Å². The van der Waals surface area contributed by atoms with Crippen LogP contribution in [0.2, 0.25) is 0 Å². The summed E-state index contributed by atoms with van der Waals surface area (Å²) < 4.78 is 23.5. The molecule has 2 heterocycles. The molecule has 1 N–H and O–H groups in total. The average Bonchev–Trinajstić information content (AvgIpc) is 3.21. The summed E-state index contributed by atoms with van der Waals surface area (Å²) >= 11 is 0. The Bertz CT molecular complexity index is 824. The maximum atomic E-state index is 12.8. The summed E-state index contributed by atoms with van der Waals surface area (Å²) in [5.74, 6) is 1.02. The van der Waals surface area contributed by atoms with E-state index in [0.29, 0.717) is 30.5 Å². The monoisotopic (exact) mass is 329 g/mol. The first kappa shape index (κ1) is 15.9. The molecule has 0 radical (unpaired) electrons. The fraction of sp³-hybridized carbons (Fsp3) is 0.235. The molecule has 0 aliphatic heterocycles. The van der Waals surface area contributed by atoms with E-state index in [2.05, 4.69) is 15.5 Å². The lowest BCUT2D eigenvalue weighted by Gasteiger charge is -2.04. The molecule has 6 nitrogen and oxygen atoms in total. The fourth-order valence-electron chi connectivity index (χ4n) is 2.18. The zero-order valence-corrected chi connectivity index (χ0v) is 13.1. The summed E-state index contributed by atoms with van der Waals surface area (Å²) in [7, 11) is 0. The van der Waals surface area contributed by atoms with E-state index < -0.39 is 0 Å². The first-order chi connectivity index (χ1) is 11.6. The van der Waals surface area contributed by atoms with Crippen LogP contribution >= 0.6 is 0 Å². The van der Waals surface area contributed by atoms with Crippen LogP contribution in [0.1, 0.15) is 23.6 Å². The molecule has 24 heavy (non-hydrogen) atoms. The van der Waals surface area contributed by atoms with Crippen LogP contribution in [0.25, 0.3) is 11.5 Å². The van der Waals surface area contributed by atoms with Gasteiger partial charge in [-0.2, -0.15) is 0 Å². The molecule has 0 atom stereocenters. The Balaban J connectivity index is 1.49. The van der Waals surface area contributed by atoms with Crippen molar-refractivity contribution in [2.45, 2.75) is 26.3 Å². The molecule has 3 aromatic rings. The summed E-state index contributed by atoms with van der Waals surface area (Å²) in [6.45, 7) is 2.16. The molecule has 7 heteroatoms. The van der Waals surface area contributed by atoms with Crippen LogP contribution in [0.15, 0.2) is 45.4 Å². The molecule has 0 aliphatic carbocycles. The SMILES string of the molecule is Cc1occc1-c1nnc(CCC(=O)NCc2ccc(F)cc2)o1. The molecule has 0 unspecified atom stereocenters. The van der Waals surface area contributed by atoms with Gasteiger partial charge in [-0.1, -0.05) is 12.1 Å². The van der Waals surface area contributed by atoms with Gasteiger partial charge < -0.3 is 14.2 Å². The number of carbonyl (C=O) groups is 1. The number of rotatable bonds is 6. The lowest BCUT2D eigenvalue weighted by Crippen LogP contribution is -2.23. The zero-order chi connectivity index (χ0) is 16.9. The van der Waals surface area contributed by atoms with Gasteiger partial charge in [0.1, 0.15) is 11.6 Å². The van der Waals surface area contributed by atoms with Gasteiger partial charge in [0.05, 0.1) is 11.8 Å². The Kier molecular flexibility index (Phi) is 4.69. The highest BCUT2D eigenvalue weighted by Gasteiger charge is 2.13. The molecule has 2 aromatic heterocycles. The van der Waals surface area contributed by atoms with Crippen molar-refractivity contribution >= 4 is 5.91 Å². The Hall–Kier alpha value is -2.96. The topological polar surface area (TPSA) is 81.2 Å². The standard InChI is InChI=1S/C17H16FN3O3/c1-11-14(8-9-23-11)17-21-20-16(24-17)7-6-15(22)19-10-12-2-4-13(18)5-3-12/h2-5,8-9H,6-7,10H2,1H3,(H,19,22). The minimum atomic E-state index is -0.301. The molecular formula is C17H16FN3O3. The molecule has 3 rings (SSSR count). The second-order valence-electron chi connectivity index (χ2n) is 5.29. The van der Waals surface area contributed by atoms with Gasteiger partial charge >= 0.3 is 0 Å². The van der Waals surface area contributed by atoms with E-state index in [1.54, 1.807) is 24.5 Å². The van der Waals surface area contributed by atoms with Gasteiger partial charge in [0.15, 0.2) is 0 Å². The third-order valence-electron chi connectivity index (χ3n) is 3.52. The van der Waals surface area contributed by atoms with Crippen LogP contribution < -0.4 is 5.32 Å². The molecule has 0 aliphatic rings. The number of hydrogen-bond acceptors (Lipinski definition) is 5. The number of amides is 1. The van der Waals surface area contributed by atoms with Crippen molar-refractivity contribution in [3.05, 3.63) is 59.6 Å². The lowest BCUT2D eigenvalue weighted by molar-refractivity contribution is -0.121. The smallest absolute Gasteiger partial charge is 0.251 e. The van der Waals surface area contributed by atoms with E-state index in [1.807, 2.05) is 6.92 Å². The highest BCUT2D eigenvalue weighted by Crippen LogP contribution is 2.22. The van der Waals surface area contributed by atoms with E-state index >= 15 is 0 Å². The largest absolute Gasteiger partial charge is 0.469 e. The average molecular weight is 329 g/mol. The maximum Gasteiger partial charge on any atom is 0.251 e. The quantitative estimate of drug-likeness (QED) is 0.752. The van der Waals surface area contributed by atoms with Crippen LogP contribution in [0, 0.1) is 12.7 Å². The van der Waals surface area contributed by atoms with Crippen molar-refractivity contribution in [2.75, 3.05) is 0 Å². The number of aromatic nitrogens is 2. The molecule has 0 spiro atoms. The Morgan fingerprint density at radius 3 is 2.71 bits per heavy atom. The number of furan rings is 1. The second kappa shape index (κ2) is 7.08. The van der Waals surface area contributed by atoms with Gasteiger partial charge in [0, 0.05) is 19.4 Å². The van der Waals surface area contributed by atoms with Crippen molar-refractivity contribution in [1.82, 2.24) is 15.5 Å². The van der Waals surface area contributed by atoms with E-state index in [0.717, 1.165) is 11.1 Å². The van der Waals surface area contributed by atoms with E-state index in [-0.39, 0.29) is 18.1 Å². The third-order valence-corrected chi connectivity index (χ3v) is 3.52. The van der Waals surface area contributed by atoms with Gasteiger partial charge in [-0.25, -0.2) is 4.39 Å². The number of hydrogen-bond donors (Lipinski definition) is 1. The van der Waals surface area contributed by atoms with Gasteiger partial charge in [-0.15, -0.1) is 10.2 Å². The third kappa shape index (κ3) is 3.87. The molecule has 1 aromatic carbocycles. The second-order valence-corrected chi connectivity index (χ2v) is 5.29. The number of nitrogens with zero attached hydrogens (tertiary/aromatic N) is 2. The van der Waals surface area contributed by atoms with Crippen molar-refractivity contribution in [2.24, 2.45) is 0 Å². The highest BCUT2D eigenvalue weighted by molar-refractivity contribution is 5.76. The summed E-state index contributed by atoms with van der Waals surface area (Å²) in [5.41, 5.74) is 1.58. The minimum Gasteiger partial charge on any atom is -0.469 e. The number of carbonyl (C=O) groups excluding carboxylic acids is 1. The van der Waals surface area contributed by atoms with Crippen LogP contribution in [-0.2, 0) is 17.8 Å². The molecule has 124 valence electrons. The number of halogens is 1. The molecule has 0 saturated heterocycles. The van der Waals surface area contributed by atoms with Crippen LogP contribution in [0.4, 0.5) is 4.39 Å². The maximum absolute atomic E-state index is 12.8. The van der Waals surface area contributed by atoms with E-state index in [4.69, 9.17) is 8.83 Å². The van der Waals surface area contributed by atoms with Crippen molar-refractivity contribution in [3.63, 3.8) is 0 Å². The molecule has 0 bridgehead atoms. The van der Waals surface area contributed by atoms with Crippen molar-refractivity contribution in [3.8, 4) is 11.5 Å². The Morgan fingerprint density at radius 1 is 1.21 bits per heavy atom. The van der Waals surface area contributed by atoms with Crippen LogP contribution in [-0.4, -0.2) is 16.1 Å². The van der Waals surface area contributed by atoms with Gasteiger partial charge in [0.25, 0.3) is 5.89 Å². The lowest BCUT2D eigenvalue weighted by atomic mass is 10.2. The molecular weight excluding hydrogens is 313 g/mol. The summed E-state index contributed by atoms with van der Waals surface area (Å²) in [6.07, 6.45) is 2.13.